The zero-order valence-electron chi connectivity index (χ0n) is 39.0. The van der Waals surface area contributed by atoms with Gasteiger partial charge in [0.05, 0.1) is 0 Å². The van der Waals surface area contributed by atoms with E-state index in [1.165, 1.54) is 154 Å². The van der Waals surface area contributed by atoms with Gasteiger partial charge in [-0.05, 0) is 202 Å². The van der Waals surface area contributed by atoms with E-state index in [2.05, 4.69) is 224 Å². The molecule has 0 saturated carbocycles. The van der Waals surface area contributed by atoms with Crippen LogP contribution in [0.2, 0.25) is 0 Å². The Morgan fingerprint density at radius 2 is 0.761 bits per heavy atom. The lowest BCUT2D eigenvalue weighted by molar-refractivity contribution is 0.662. The molecule has 0 nitrogen and oxygen atoms in total. The molecule has 0 atom stereocenters. The number of fused-ring (bicyclic) bond motifs is 11. The summed E-state index contributed by atoms with van der Waals surface area (Å²) in [7, 11) is 0. The van der Waals surface area contributed by atoms with Crippen LogP contribution in [0.4, 0.5) is 0 Å². The molecule has 2 aliphatic carbocycles. The van der Waals surface area contributed by atoms with Gasteiger partial charge < -0.3 is 0 Å². The Hall–Kier alpha value is -7.54. The largest absolute Gasteiger partial charge is 0.0622 e. The summed E-state index contributed by atoms with van der Waals surface area (Å²) >= 11 is 0. The lowest BCUT2D eigenvalue weighted by Crippen LogP contribution is -2.15. The standard InChI is InChI=1S/C67H50/c1-37(2)48-32-50-45-27-18-28-47-61(45)56(36-58-62(47)46-30-29-42(31-57(46)67(58,5)6)39-19-10-7-11-20-39)53-33-49(38(3)4)64-55-35-52-51(34-54(55)63(48)66(64)65(50)53)59(40-21-12-8-13-22-40)43-25-16-17-26-44(43)60(52)41-23-14-9-15-24-41/h7-38H,1-6H3. The predicted octanol–water partition coefficient (Wildman–Crippen LogP) is 19.2. The summed E-state index contributed by atoms with van der Waals surface area (Å²) in [5.74, 6) is 0.619. The Kier molecular flexibility index (Phi) is 7.95. The van der Waals surface area contributed by atoms with E-state index in [9.17, 15) is 0 Å². The fourth-order valence-corrected chi connectivity index (χ4v) is 13.0. The smallest absolute Gasteiger partial charge is 0.0159 e. The third-order valence-corrected chi connectivity index (χ3v) is 16.0. The van der Waals surface area contributed by atoms with Crippen molar-refractivity contribution in [1.29, 1.82) is 0 Å². The highest BCUT2D eigenvalue weighted by Crippen LogP contribution is 2.61. The van der Waals surface area contributed by atoms with Gasteiger partial charge in [-0.25, -0.2) is 0 Å². The summed E-state index contributed by atoms with van der Waals surface area (Å²) in [5.41, 5.74) is 21.5. The molecule has 12 aromatic carbocycles. The quantitative estimate of drug-likeness (QED) is 0.120. The average molecular weight is 855 g/mol. The van der Waals surface area contributed by atoms with Crippen LogP contribution in [0.15, 0.2) is 182 Å². The van der Waals surface area contributed by atoms with Gasteiger partial charge in [-0.3, -0.25) is 0 Å². The summed E-state index contributed by atoms with van der Waals surface area (Å²) < 4.78 is 0. The van der Waals surface area contributed by atoms with Gasteiger partial charge in [0.15, 0.2) is 0 Å². The SMILES string of the molecule is CC(C)c1cc2c3cccc4c5c(cc(c6cc(C(C)C)c7c(c1-c1cc8c(-c9ccccc9)c9ccccc9c(-c9ccccc9)c8cc1-7)c26)c43)C(C)(C)c1cc(-c2ccccc2)ccc1-5. The second kappa shape index (κ2) is 13.8. The van der Waals surface area contributed by atoms with E-state index in [1.807, 2.05) is 0 Å². The number of rotatable bonds is 5. The summed E-state index contributed by atoms with van der Waals surface area (Å²) in [6, 6.07) is 69.6. The van der Waals surface area contributed by atoms with E-state index in [0.29, 0.717) is 11.8 Å². The molecule has 318 valence electrons. The van der Waals surface area contributed by atoms with Crippen molar-refractivity contribution in [2.75, 3.05) is 0 Å². The molecule has 12 aromatic rings. The lowest BCUT2D eigenvalue weighted by atomic mass is 9.78. The van der Waals surface area contributed by atoms with Crippen LogP contribution in [0.3, 0.4) is 0 Å². The van der Waals surface area contributed by atoms with Gasteiger partial charge in [-0.1, -0.05) is 187 Å². The van der Waals surface area contributed by atoms with E-state index in [4.69, 9.17) is 0 Å². The van der Waals surface area contributed by atoms with E-state index >= 15 is 0 Å². The minimum Gasteiger partial charge on any atom is -0.0622 e. The van der Waals surface area contributed by atoms with Gasteiger partial charge in [-0.15, -0.1) is 0 Å². The maximum atomic E-state index is 2.62. The summed E-state index contributed by atoms with van der Waals surface area (Å²) in [5, 5.41) is 16.3. The van der Waals surface area contributed by atoms with Gasteiger partial charge in [-0.2, -0.15) is 0 Å². The van der Waals surface area contributed by atoms with Crippen LogP contribution in [0.25, 0.3) is 131 Å². The lowest BCUT2D eigenvalue weighted by Gasteiger charge is -2.25. The third-order valence-electron chi connectivity index (χ3n) is 16.0. The van der Waals surface area contributed by atoms with Crippen molar-refractivity contribution in [3.8, 4) is 66.8 Å². The third kappa shape index (κ3) is 5.14. The average Bonchev–Trinajstić information content (AvgIpc) is 3.80. The topological polar surface area (TPSA) is 0 Å². The van der Waals surface area contributed by atoms with Crippen LogP contribution in [-0.4, -0.2) is 0 Å². The Bertz CT molecular complexity index is 3960. The molecular formula is C67H50. The van der Waals surface area contributed by atoms with Gasteiger partial charge in [0.1, 0.15) is 0 Å². The first-order valence-electron chi connectivity index (χ1n) is 24.3. The van der Waals surface area contributed by atoms with E-state index in [1.54, 1.807) is 0 Å². The molecule has 0 radical (unpaired) electrons. The first-order valence-corrected chi connectivity index (χ1v) is 24.3. The van der Waals surface area contributed by atoms with Gasteiger partial charge >= 0.3 is 0 Å². The first kappa shape index (κ1) is 38.7. The highest BCUT2D eigenvalue weighted by Gasteiger charge is 2.39. The Labute approximate surface area is 392 Å². The predicted molar refractivity (Wildman–Crippen MR) is 289 cm³/mol. The number of benzene rings is 12. The van der Waals surface area contributed by atoms with Crippen molar-refractivity contribution in [1.82, 2.24) is 0 Å². The number of hydrogen-bond donors (Lipinski definition) is 0. The van der Waals surface area contributed by atoms with Gasteiger partial charge in [0.2, 0.25) is 0 Å². The molecule has 67 heavy (non-hydrogen) atoms. The summed E-state index contributed by atoms with van der Waals surface area (Å²) in [4.78, 5) is 0. The molecule has 0 aromatic heterocycles. The molecule has 0 bridgehead atoms. The highest BCUT2D eigenvalue weighted by atomic mass is 14.4. The highest BCUT2D eigenvalue weighted by molar-refractivity contribution is 6.39. The molecule has 0 saturated heterocycles. The molecule has 0 spiro atoms. The molecule has 0 amide bonds. The monoisotopic (exact) mass is 854 g/mol. The molecule has 14 rings (SSSR count). The normalized spacial score (nSPS) is 13.6. The zero-order chi connectivity index (χ0) is 45.0. The molecule has 0 unspecified atom stereocenters. The minimum atomic E-state index is -0.177. The molecular weight excluding hydrogens is 805 g/mol. The van der Waals surface area contributed by atoms with Crippen molar-refractivity contribution < 1.29 is 0 Å². The molecule has 0 aliphatic heterocycles. The Morgan fingerprint density at radius 1 is 0.284 bits per heavy atom. The van der Waals surface area contributed by atoms with Crippen LogP contribution in [-0.2, 0) is 5.41 Å². The van der Waals surface area contributed by atoms with Gasteiger partial charge in [0, 0.05) is 5.41 Å². The summed E-state index contributed by atoms with van der Waals surface area (Å²) in [6.07, 6.45) is 0. The van der Waals surface area contributed by atoms with Crippen molar-refractivity contribution in [3.05, 3.63) is 204 Å². The number of hydrogen-bond acceptors (Lipinski definition) is 0. The minimum absolute atomic E-state index is 0.177. The molecule has 2 aliphatic rings. The van der Waals surface area contributed by atoms with E-state index < -0.39 is 0 Å². The van der Waals surface area contributed by atoms with Crippen LogP contribution < -0.4 is 0 Å². The van der Waals surface area contributed by atoms with Crippen molar-refractivity contribution in [2.24, 2.45) is 0 Å². The second-order valence-corrected chi connectivity index (χ2v) is 20.6. The summed E-state index contributed by atoms with van der Waals surface area (Å²) in [6.45, 7) is 14.5. The molecule has 0 N–H and O–H groups in total. The van der Waals surface area contributed by atoms with Gasteiger partial charge in [0.25, 0.3) is 0 Å². The Morgan fingerprint density at radius 3 is 1.31 bits per heavy atom. The van der Waals surface area contributed by atoms with Crippen molar-refractivity contribution in [2.45, 2.75) is 58.8 Å². The van der Waals surface area contributed by atoms with E-state index in [0.717, 1.165) is 0 Å². The van der Waals surface area contributed by atoms with Crippen molar-refractivity contribution in [3.63, 3.8) is 0 Å². The van der Waals surface area contributed by atoms with Crippen LogP contribution in [0.1, 0.15) is 75.6 Å². The molecule has 0 fully saturated rings. The van der Waals surface area contributed by atoms with Crippen LogP contribution >= 0.6 is 0 Å². The maximum Gasteiger partial charge on any atom is 0.0159 e. The molecule has 0 heteroatoms. The Balaban J connectivity index is 1.14. The van der Waals surface area contributed by atoms with Crippen LogP contribution in [0, 0.1) is 0 Å². The zero-order valence-corrected chi connectivity index (χ0v) is 39.0. The first-order chi connectivity index (χ1) is 32.7. The van der Waals surface area contributed by atoms with E-state index in [-0.39, 0.29) is 5.41 Å². The second-order valence-electron chi connectivity index (χ2n) is 20.6. The van der Waals surface area contributed by atoms with Crippen LogP contribution in [0.5, 0.6) is 0 Å². The fraction of sp³-hybridized carbons (Fsp3) is 0.134. The van der Waals surface area contributed by atoms with Crippen molar-refractivity contribution >= 4 is 64.6 Å². The maximum absolute atomic E-state index is 2.62. The fourth-order valence-electron chi connectivity index (χ4n) is 13.0. The molecule has 0 heterocycles.